The molecular formula is C19H19NO5. The predicted molar refractivity (Wildman–Crippen MR) is 90.8 cm³/mol. The number of rotatable bonds is 6. The molecule has 1 atom stereocenters. The molecule has 1 aliphatic rings. The van der Waals surface area contributed by atoms with Crippen molar-refractivity contribution in [1.82, 2.24) is 5.32 Å². The Morgan fingerprint density at radius 1 is 1.16 bits per heavy atom. The van der Waals surface area contributed by atoms with Crippen LogP contribution in [-0.4, -0.2) is 38.2 Å². The zero-order valence-corrected chi connectivity index (χ0v) is 13.9. The zero-order chi connectivity index (χ0) is 17.6. The number of ether oxygens (including phenoxy) is 3. The third-order valence-corrected chi connectivity index (χ3v) is 3.91. The van der Waals surface area contributed by atoms with E-state index in [4.69, 9.17) is 14.2 Å². The number of nitrogens with one attached hydrogen (secondary N) is 1. The third-order valence-electron chi connectivity index (χ3n) is 3.91. The molecule has 1 unspecified atom stereocenters. The Kier molecular flexibility index (Phi) is 5.18. The van der Waals surface area contributed by atoms with E-state index in [1.807, 2.05) is 24.3 Å². The quantitative estimate of drug-likeness (QED) is 0.642. The van der Waals surface area contributed by atoms with Gasteiger partial charge in [-0.1, -0.05) is 30.3 Å². The Morgan fingerprint density at radius 3 is 2.68 bits per heavy atom. The van der Waals surface area contributed by atoms with Gasteiger partial charge in [-0.15, -0.1) is 0 Å². The van der Waals surface area contributed by atoms with Crippen LogP contribution in [0.5, 0.6) is 11.5 Å². The molecule has 0 fully saturated rings. The third kappa shape index (κ3) is 3.91. The molecule has 1 amide bonds. The second-order valence-corrected chi connectivity index (χ2v) is 5.55. The molecule has 130 valence electrons. The molecule has 0 spiro atoms. The van der Waals surface area contributed by atoms with Crippen molar-refractivity contribution in [3.8, 4) is 11.5 Å². The fraction of sp³-hybridized carbons (Fsp3) is 0.263. The van der Waals surface area contributed by atoms with E-state index in [1.165, 1.54) is 0 Å². The summed E-state index contributed by atoms with van der Waals surface area (Å²) >= 11 is 0. The molecule has 3 rings (SSSR count). The van der Waals surface area contributed by atoms with E-state index in [0.717, 1.165) is 5.56 Å². The van der Waals surface area contributed by atoms with E-state index < -0.39 is 12.1 Å². The van der Waals surface area contributed by atoms with Crippen molar-refractivity contribution in [2.24, 2.45) is 0 Å². The molecule has 0 saturated heterocycles. The summed E-state index contributed by atoms with van der Waals surface area (Å²) in [7, 11) is 1.57. The summed E-state index contributed by atoms with van der Waals surface area (Å²) in [6, 6.07) is 14.4. The maximum atomic E-state index is 12.2. The minimum atomic E-state index is -0.811. The molecule has 0 saturated carbocycles. The summed E-state index contributed by atoms with van der Waals surface area (Å²) in [6.07, 6.45) is -0.435. The van der Waals surface area contributed by atoms with E-state index in [9.17, 15) is 9.59 Å². The Bertz CT molecular complexity index is 774. The summed E-state index contributed by atoms with van der Waals surface area (Å²) in [5.41, 5.74) is 1.34. The van der Waals surface area contributed by atoms with E-state index in [1.54, 1.807) is 31.4 Å². The lowest BCUT2D eigenvalue weighted by molar-refractivity contribution is -0.130. The summed E-state index contributed by atoms with van der Waals surface area (Å²) < 4.78 is 16.0. The number of amides is 1. The van der Waals surface area contributed by atoms with Crippen LogP contribution < -0.4 is 14.8 Å². The Hall–Kier alpha value is -3.02. The van der Waals surface area contributed by atoms with Gasteiger partial charge in [0, 0.05) is 6.42 Å². The van der Waals surface area contributed by atoms with E-state index in [2.05, 4.69) is 5.32 Å². The maximum absolute atomic E-state index is 12.2. The molecule has 25 heavy (non-hydrogen) atoms. The Labute approximate surface area is 145 Å². The molecule has 2 aromatic carbocycles. The van der Waals surface area contributed by atoms with Crippen molar-refractivity contribution in [2.75, 3.05) is 20.3 Å². The summed E-state index contributed by atoms with van der Waals surface area (Å²) in [6.45, 7) is 0.579. The van der Waals surface area contributed by atoms with Crippen LogP contribution in [0, 0.1) is 0 Å². The number of cyclic esters (lactones) is 1. The lowest BCUT2D eigenvalue weighted by Crippen LogP contribution is -2.43. The Morgan fingerprint density at radius 2 is 1.88 bits per heavy atom. The van der Waals surface area contributed by atoms with Crippen molar-refractivity contribution in [2.45, 2.75) is 12.5 Å². The predicted octanol–water partition coefficient (Wildman–Crippen LogP) is 1.97. The highest BCUT2D eigenvalue weighted by Gasteiger charge is 2.30. The van der Waals surface area contributed by atoms with Crippen molar-refractivity contribution < 1.29 is 23.8 Å². The minimum Gasteiger partial charge on any atom is -0.493 e. The number of hydrogen-bond donors (Lipinski definition) is 1. The highest BCUT2D eigenvalue weighted by atomic mass is 16.5. The summed E-state index contributed by atoms with van der Waals surface area (Å²) in [5.74, 6) is 0.447. The SMILES string of the molecule is COc1ccccc1OCCNC(=O)C1Cc2ccccc2C(=O)O1. The van der Waals surface area contributed by atoms with Gasteiger partial charge in [0.05, 0.1) is 19.2 Å². The molecule has 2 aromatic rings. The molecule has 6 nitrogen and oxygen atoms in total. The normalized spacial score (nSPS) is 15.7. The molecule has 0 aliphatic carbocycles. The van der Waals surface area contributed by atoms with Crippen LogP contribution in [0.3, 0.4) is 0 Å². The van der Waals surface area contributed by atoms with E-state index in [0.29, 0.717) is 30.0 Å². The number of benzene rings is 2. The lowest BCUT2D eigenvalue weighted by Gasteiger charge is -2.23. The molecule has 0 bridgehead atoms. The van der Waals surface area contributed by atoms with Crippen molar-refractivity contribution in [1.29, 1.82) is 0 Å². The molecule has 0 radical (unpaired) electrons. The van der Waals surface area contributed by atoms with E-state index >= 15 is 0 Å². The molecule has 6 heteroatoms. The minimum absolute atomic E-state index is 0.281. The van der Waals surface area contributed by atoms with Gasteiger partial charge in [0.1, 0.15) is 6.61 Å². The Balaban J connectivity index is 1.50. The average molecular weight is 341 g/mol. The van der Waals surface area contributed by atoms with Gasteiger partial charge >= 0.3 is 5.97 Å². The number of carbonyl (C=O) groups is 2. The first-order chi connectivity index (χ1) is 12.2. The van der Waals surface area contributed by atoms with Crippen molar-refractivity contribution in [3.63, 3.8) is 0 Å². The molecular weight excluding hydrogens is 322 g/mol. The van der Waals surface area contributed by atoms with Gasteiger partial charge < -0.3 is 19.5 Å². The van der Waals surface area contributed by atoms with Gasteiger partial charge in [-0.2, -0.15) is 0 Å². The van der Waals surface area contributed by atoms with Crippen LogP contribution in [0.1, 0.15) is 15.9 Å². The first kappa shape index (κ1) is 16.8. The average Bonchev–Trinajstić information content (AvgIpc) is 2.65. The summed E-state index contributed by atoms with van der Waals surface area (Å²) in [5, 5.41) is 2.73. The molecule has 0 aromatic heterocycles. The number of methoxy groups -OCH3 is 1. The second-order valence-electron chi connectivity index (χ2n) is 5.55. The van der Waals surface area contributed by atoms with Crippen LogP contribution in [0.2, 0.25) is 0 Å². The van der Waals surface area contributed by atoms with Gasteiger partial charge in [-0.05, 0) is 23.8 Å². The standard InChI is InChI=1S/C19H19NO5/c1-23-15-8-4-5-9-16(15)24-11-10-20-18(21)17-12-13-6-2-3-7-14(13)19(22)25-17/h2-9,17H,10-12H2,1H3,(H,20,21). The fourth-order valence-electron chi connectivity index (χ4n) is 2.66. The van der Waals surface area contributed by atoms with Crippen molar-refractivity contribution in [3.05, 3.63) is 59.7 Å². The number of esters is 1. The molecule has 1 aliphatic heterocycles. The number of carbonyl (C=O) groups excluding carboxylic acids is 2. The smallest absolute Gasteiger partial charge is 0.339 e. The fourth-order valence-corrected chi connectivity index (χ4v) is 2.66. The van der Waals surface area contributed by atoms with Crippen LogP contribution in [0.15, 0.2) is 48.5 Å². The van der Waals surface area contributed by atoms with Crippen LogP contribution in [0.25, 0.3) is 0 Å². The van der Waals surface area contributed by atoms with Gasteiger partial charge in [0.15, 0.2) is 17.6 Å². The van der Waals surface area contributed by atoms with Gasteiger partial charge in [-0.25, -0.2) is 4.79 Å². The maximum Gasteiger partial charge on any atom is 0.339 e. The van der Waals surface area contributed by atoms with Gasteiger partial charge in [-0.3, -0.25) is 4.79 Å². The first-order valence-electron chi connectivity index (χ1n) is 8.01. The first-order valence-corrected chi connectivity index (χ1v) is 8.01. The lowest BCUT2D eigenvalue weighted by atomic mass is 9.98. The largest absolute Gasteiger partial charge is 0.493 e. The van der Waals surface area contributed by atoms with Gasteiger partial charge in [0.2, 0.25) is 0 Å². The molecule has 1 heterocycles. The van der Waals surface area contributed by atoms with Crippen LogP contribution in [-0.2, 0) is 16.0 Å². The van der Waals surface area contributed by atoms with Crippen molar-refractivity contribution >= 4 is 11.9 Å². The topological polar surface area (TPSA) is 73.9 Å². The monoisotopic (exact) mass is 341 g/mol. The van der Waals surface area contributed by atoms with E-state index in [-0.39, 0.29) is 12.5 Å². The van der Waals surface area contributed by atoms with Crippen LogP contribution in [0.4, 0.5) is 0 Å². The van der Waals surface area contributed by atoms with Gasteiger partial charge in [0.25, 0.3) is 5.91 Å². The highest BCUT2D eigenvalue weighted by molar-refractivity contribution is 5.95. The highest BCUT2D eigenvalue weighted by Crippen LogP contribution is 2.25. The number of fused-ring (bicyclic) bond motifs is 1. The molecule has 1 N–H and O–H groups in total. The zero-order valence-electron chi connectivity index (χ0n) is 13.9. The summed E-state index contributed by atoms with van der Waals surface area (Å²) in [4.78, 5) is 24.2. The number of para-hydroxylation sites is 2. The van der Waals surface area contributed by atoms with Crippen LogP contribution >= 0.6 is 0 Å². The number of hydrogen-bond acceptors (Lipinski definition) is 5. The second kappa shape index (κ2) is 7.70.